The number of fused-ring (bicyclic) bond motifs is 5. The van der Waals surface area contributed by atoms with Crippen LogP contribution in [0.25, 0.3) is 43.4 Å². The number of hydrogen-bond donors (Lipinski definition) is 0. The van der Waals surface area contributed by atoms with Gasteiger partial charge in [0.2, 0.25) is 0 Å². The molecule has 1 aliphatic carbocycles. The summed E-state index contributed by atoms with van der Waals surface area (Å²) < 4.78 is 0. The maximum absolute atomic E-state index is 2.46. The Bertz CT molecular complexity index is 2100. The minimum absolute atomic E-state index is 1.17. The molecule has 0 unspecified atom stereocenters. The summed E-state index contributed by atoms with van der Waals surface area (Å²) in [7, 11) is 0. The first-order chi connectivity index (χ1) is 20.7. The van der Waals surface area contributed by atoms with Gasteiger partial charge >= 0.3 is 0 Å². The summed E-state index contributed by atoms with van der Waals surface area (Å²) in [4.78, 5) is 2.46. The maximum Gasteiger partial charge on any atom is 0.0493 e. The van der Waals surface area contributed by atoms with Crippen molar-refractivity contribution in [2.45, 2.75) is 32.6 Å². The number of hydrogen-bond acceptors (Lipinski definition) is 1. The van der Waals surface area contributed by atoms with E-state index in [9.17, 15) is 0 Å². The van der Waals surface area contributed by atoms with Gasteiger partial charge in [-0.05, 0) is 129 Å². The van der Waals surface area contributed by atoms with E-state index in [0.717, 1.165) is 0 Å². The highest BCUT2D eigenvalue weighted by atomic mass is 15.1. The highest BCUT2D eigenvalue weighted by Gasteiger charge is 2.19. The first kappa shape index (κ1) is 24.9. The van der Waals surface area contributed by atoms with Gasteiger partial charge in [-0.25, -0.2) is 0 Å². The zero-order chi connectivity index (χ0) is 28.0. The van der Waals surface area contributed by atoms with E-state index in [1.807, 2.05) is 0 Å². The highest BCUT2D eigenvalue weighted by molar-refractivity contribution is 6.13. The molecule has 0 atom stereocenters. The Morgan fingerprint density at radius 1 is 0.476 bits per heavy atom. The van der Waals surface area contributed by atoms with Crippen molar-refractivity contribution in [3.63, 3.8) is 0 Å². The molecule has 0 amide bonds. The first-order valence-electron chi connectivity index (χ1n) is 15.2. The molecule has 8 rings (SSSR count). The van der Waals surface area contributed by atoms with Gasteiger partial charge in [-0.15, -0.1) is 0 Å². The average Bonchev–Trinajstić information content (AvgIpc) is 3.05. The second kappa shape index (κ2) is 10.2. The Labute approximate surface area is 247 Å². The predicted molar refractivity (Wildman–Crippen MR) is 180 cm³/mol. The van der Waals surface area contributed by atoms with Gasteiger partial charge in [0, 0.05) is 17.1 Å². The summed E-state index contributed by atoms with van der Waals surface area (Å²) in [6, 6.07) is 49.4. The largest absolute Gasteiger partial charge is 0.310 e. The summed E-state index contributed by atoms with van der Waals surface area (Å²) in [5, 5.41) is 7.70. The molecule has 202 valence electrons. The second-order valence-electron chi connectivity index (χ2n) is 11.7. The number of anilines is 3. The molecule has 0 aliphatic heterocycles. The molecule has 0 heterocycles. The van der Waals surface area contributed by atoms with Crippen LogP contribution in [-0.2, 0) is 12.8 Å². The Hall–Kier alpha value is -4.88. The number of nitrogens with zero attached hydrogens (tertiary/aromatic N) is 1. The number of aryl methyl sites for hydroxylation is 3. The van der Waals surface area contributed by atoms with Crippen molar-refractivity contribution < 1.29 is 0 Å². The van der Waals surface area contributed by atoms with E-state index in [-0.39, 0.29) is 0 Å². The van der Waals surface area contributed by atoms with E-state index in [0.29, 0.717) is 0 Å². The quantitative estimate of drug-likeness (QED) is 0.201. The van der Waals surface area contributed by atoms with Crippen LogP contribution in [0, 0.1) is 6.92 Å². The standard InChI is InChI=1S/C41H33N/c1-28-24-31-11-4-5-13-33(31)27-41(28)42(36-23-18-29-10-2-3-12-32(29)25-36)35-21-19-30(20-22-35)40-26-34-14-6-7-15-37(34)38-16-8-9-17-39(38)40/h2-3,6-10,12,14-27H,4-5,11,13H2,1H3. The van der Waals surface area contributed by atoms with Gasteiger partial charge in [-0.2, -0.15) is 0 Å². The van der Waals surface area contributed by atoms with Crippen LogP contribution in [0.3, 0.4) is 0 Å². The van der Waals surface area contributed by atoms with Gasteiger partial charge in [-0.1, -0.05) is 97.1 Å². The lowest BCUT2D eigenvalue weighted by molar-refractivity contribution is 0.685. The van der Waals surface area contributed by atoms with E-state index in [2.05, 4.69) is 145 Å². The fourth-order valence-corrected chi connectivity index (χ4v) is 6.96. The van der Waals surface area contributed by atoms with Crippen molar-refractivity contribution in [3.05, 3.63) is 150 Å². The molecule has 0 radical (unpaired) electrons. The monoisotopic (exact) mass is 539 g/mol. The maximum atomic E-state index is 2.46. The molecule has 42 heavy (non-hydrogen) atoms. The van der Waals surface area contributed by atoms with Crippen molar-refractivity contribution in [2.24, 2.45) is 0 Å². The molecule has 0 spiro atoms. The van der Waals surface area contributed by atoms with Crippen molar-refractivity contribution in [2.75, 3.05) is 4.90 Å². The molecule has 7 aromatic rings. The lowest BCUT2D eigenvalue weighted by atomic mass is 9.89. The predicted octanol–water partition coefficient (Wildman–Crippen LogP) is 11.5. The normalized spacial score (nSPS) is 13.0. The van der Waals surface area contributed by atoms with Crippen LogP contribution in [0.5, 0.6) is 0 Å². The van der Waals surface area contributed by atoms with Crippen LogP contribution in [0.2, 0.25) is 0 Å². The van der Waals surface area contributed by atoms with Gasteiger partial charge in [0.25, 0.3) is 0 Å². The van der Waals surface area contributed by atoms with Gasteiger partial charge in [0.1, 0.15) is 0 Å². The van der Waals surface area contributed by atoms with E-state index >= 15 is 0 Å². The molecule has 0 saturated carbocycles. The SMILES string of the molecule is Cc1cc2c(cc1N(c1ccc(-c3cc4ccccc4c4ccccc34)cc1)c1ccc3ccccc3c1)CCCC2. The molecule has 1 aliphatic rings. The lowest BCUT2D eigenvalue weighted by Gasteiger charge is -2.29. The summed E-state index contributed by atoms with van der Waals surface area (Å²) in [6.07, 6.45) is 4.94. The Kier molecular flexibility index (Phi) is 6.04. The molecular formula is C41H33N. The Balaban J connectivity index is 1.29. The third-order valence-corrected chi connectivity index (χ3v) is 9.10. The van der Waals surface area contributed by atoms with E-state index in [4.69, 9.17) is 0 Å². The minimum Gasteiger partial charge on any atom is -0.310 e. The molecule has 0 saturated heterocycles. The average molecular weight is 540 g/mol. The molecule has 0 aromatic heterocycles. The summed E-state index contributed by atoms with van der Waals surface area (Å²) in [5.41, 5.74) is 10.5. The van der Waals surface area contributed by atoms with Crippen molar-refractivity contribution >= 4 is 49.4 Å². The van der Waals surface area contributed by atoms with E-state index in [1.54, 1.807) is 0 Å². The zero-order valence-electron chi connectivity index (χ0n) is 24.0. The molecule has 0 N–H and O–H groups in total. The second-order valence-corrected chi connectivity index (χ2v) is 11.7. The van der Waals surface area contributed by atoms with Crippen LogP contribution in [0.1, 0.15) is 29.5 Å². The Morgan fingerprint density at radius 2 is 1.10 bits per heavy atom. The number of benzene rings is 7. The van der Waals surface area contributed by atoms with Crippen LogP contribution >= 0.6 is 0 Å². The fraction of sp³-hybridized carbons (Fsp3) is 0.122. The van der Waals surface area contributed by atoms with Gasteiger partial charge < -0.3 is 4.90 Å². The Morgan fingerprint density at radius 3 is 1.88 bits per heavy atom. The van der Waals surface area contributed by atoms with Gasteiger partial charge in [-0.3, -0.25) is 0 Å². The lowest BCUT2D eigenvalue weighted by Crippen LogP contribution is -2.13. The summed E-state index contributed by atoms with van der Waals surface area (Å²) in [5.74, 6) is 0. The summed E-state index contributed by atoms with van der Waals surface area (Å²) >= 11 is 0. The van der Waals surface area contributed by atoms with Crippen LogP contribution < -0.4 is 4.90 Å². The minimum atomic E-state index is 1.17. The molecular weight excluding hydrogens is 506 g/mol. The molecule has 1 nitrogen and oxygen atoms in total. The van der Waals surface area contributed by atoms with E-state index in [1.165, 1.54) is 103 Å². The van der Waals surface area contributed by atoms with Gasteiger partial charge in [0.15, 0.2) is 0 Å². The third-order valence-electron chi connectivity index (χ3n) is 9.10. The van der Waals surface area contributed by atoms with Crippen LogP contribution in [-0.4, -0.2) is 0 Å². The van der Waals surface area contributed by atoms with Crippen LogP contribution in [0.15, 0.2) is 133 Å². The third kappa shape index (κ3) is 4.25. The topological polar surface area (TPSA) is 3.24 Å². The summed E-state index contributed by atoms with van der Waals surface area (Å²) in [6.45, 7) is 2.27. The van der Waals surface area contributed by atoms with E-state index < -0.39 is 0 Å². The van der Waals surface area contributed by atoms with Crippen molar-refractivity contribution in [1.29, 1.82) is 0 Å². The van der Waals surface area contributed by atoms with Crippen LogP contribution in [0.4, 0.5) is 17.1 Å². The van der Waals surface area contributed by atoms with Gasteiger partial charge in [0.05, 0.1) is 0 Å². The molecule has 0 fully saturated rings. The molecule has 1 heteroatoms. The molecule has 7 aromatic carbocycles. The first-order valence-corrected chi connectivity index (χ1v) is 15.2. The van der Waals surface area contributed by atoms with Crippen molar-refractivity contribution in [1.82, 2.24) is 0 Å². The zero-order valence-corrected chi connectivity index (χ0v) is 24.0. The van der Waals surface area contributed by atoms with Crippen molar-refractivity contribution in [3.8, 4) is 11.1 Å². The highest BCUT2D eigenvalue weighted by Crippen LogP contribution is 2.42. The fourth-order valence-electron chi connectivity index (χ4n) is 6.96. The molecule has 0 bridgehead atoms. The smallest absolute Gasteiger partial charge is 0.0493 e. The number of rotatable bonds is 4.